The van der Waals surface area contributed by atoms with E-state index in [-0.39, 0.29) is 12.4 Å². The van der Waals surface area contributed by atoms with Crippen molar-refractivity contribution in [1.82, 2.24) is 20.1 Å². The molecule has 0 amide bonds. The second-order valence-electron chi connectivity index (χ2n) is 6.60. The van der Waals surface area contributed by atoms with E-state index in [2.05, 4.69) is 20.1 Å². The van der Waals surface area contributed by atoms with E-state index >= 15 is 0 Å². The minimum absolute atomic E-state index is 0. The zero-order valence-corrected chi connectivity index (χ0v) is 17.1. The first-order valence-corrected chi connectivity index (χ1v) is 9.34. The van der Waals surface area contributed by atoms with Crippen molar-refractivity contribution in [3.63, 3.8) is 0 Å². The minimum atomic E-state index is -0.477. The highest BCUT2D eigenvalue weighted by Crippen LogP contribution is 2.41. The molecule has 1 aliphatic rings. The Hall–Kier alpha value is -1.81. The van der Waals surface area contributed by atoms with Crippen molar-refractivity contribution in [1.29, 1.82) is 0 Å². The second kappa shape index (κ2) is 7.67. The SMILES string of the molecule is COCc1nc(OC)c2c(C)c(-c3nc(C4(N)CCCC4)no3)sc2n1.Cl. The van der Waals surface area contributed by atoms with Gasteiger partial charge in [-0.3, -0.25) is 0 Å². The van der Waals surface area contributed by atoms with Gasteiger partial charge < -0.3 is 19.7 Å². The zero-order chi connectivity index (χ0) is 18.3. The number of nitrogens with two attached hydrogens (primary N) is 1. The van der Waals surface area contributed by atoms with Gasteiger partial charge in [0.2, 0.25) is 5.88 Å². The number of ether oxygens (including phenoxy) is 2. The Bertz CT molecular complexity index is 952. The van der Waals surface area contributed by atoms with Crippen LogP contribution in [0, 0.1) is 6.92 Å². The summed E-state index contributed by atoms with van der Waals surface area (Å²) >= 11 is 1.48. The topological polar surface area (TPSA) is 109 Å². The van der Waals surface area contributed by atoms with E-state index < -0.39 is 5.54 Å². The van der Waals surface area contributed by atoms with E-state index in [9.17, 15) is 0 Å². The van der Waals surface area contributed by atoms with Crippen LogP contribution in [0.2, 0.25) is 0 Å². The summed E-state index contributed by atoms with van der Waals surface area (Å²) in [6, 6.07) is 0. The summed E-state index contributed by atoms with van der Waals surface area (Å²) in [5.74, 6) is 2.14. The minimum Gasteiger partial charge on any atom is -0.480 e. The molecule has 2 N–H and O–H groups in total. The Balaban J connectivity index is 0.00000210. The number of aryl methyl sites for hydroxylation is 1. The maximum atomic E-state index is 6.45. The Morgan fingerprint density at radius 1 is 1.19 bits per heavy atom. The van der Waals surface area contributed by atoms with Crippen molar-refractivity contribution in [3.8, 4) is 16.6 Å². The van der Waals surface area contributed by atoms with E-state index in [0.717, 1.165) is 46.3 Å². The summed E-state index contributed by atoms with van der Waals surface area (Å²) in [5, 5.41) is 5.01. The van der Waals surface area contributed by atoms with Crippen molar-refractivity contribution in [3.05, 3.63) is 17.2 Å². The van der Waals surface area contributed by atoms with E-state index in [1.807, 2.05) is 6.92 Å². The van der Waals surface area contributed by atoms with E-state index in [1.54, 1.807) is 14.2 Å². The molecule has 0 spiro atoms. The molecule has 1 saturated carbocycles. The molecule has 0 saturated heterocycles. The molecule has 3 heterocycles. The van der Waals surface area contributed by atoms with Crippen LogP contribution in [-0.4, -0.2) is 34.3 Å². The second-order valence-corrected chi connectivity index (χ2v) is 7.60. The number of aromatic nitrogens is 4. The molecular weight excluding hydrogens is 390 g/mol. The smallest absolute Gasteiger partial charge is 0.268 e. The van der Waals surface area contributed by atoms with Crippen molar-refractivity contribution in [2.45, 2.75) is 44.8 Å². The summed E-state index contributed by atoms with van der Waals surface area (Å²) in [7, 11) is 3.20. The molecule has 10 heteroatoms. The van der Waals surface area contributed by atoms with Gasteiger partial charge >= 0.3 is 0 Å². The lowest BCUT2D eigenvalue weighted by atomic mass is 9.99. The van der Waals surface area contributed by atoms with Crippen LogP contribution in [0.25, 0.3) is 21.0 Å². The predicted octanol–water partition coefficient (Wildman–Crippen LogP) is 3.35. The molecule has 0 atom stereocenters. The monoisotopic (exact) mass is 411 g/mol. The van der Waals surface area contributed by atoms with Gasteiger partial charge in [-0.15, -0.1) is 23.7 Å². The third-order valence-corrected chi connectivity index (χ3v) is 6.01. The highest BCUT2D eigenvalue weighted by molar-refractivity contribution is 7.22. The van der Waals surface area contributed by atoms with Crippen LogP contribution in [0.5, 0.6) is 5.88 Å². The van der Waals surface area contributed by atoms with Gasteiger partial charge in [0.15, 0.2) is 11.6 Å². The Morgan fingerprint density at radius 3 is 2.59 bits per heavy atom. The van der Waals surface area contributed by atoms with Crippen LogP contribution < -0.4 is 10.5 Å². The number of hydrogen-bond donors (Lipinski definition) is 1. The molecule has 146 valence electrons. The fraction of sp³-hybridized carbons (Fsp3) is 0.529. The number of fused-ring (bicyclic) bond motifs is 1. The maximum Gasteiger partial charge on any atom is 0.268 e. The first kappa shape index (κ1) is 19.9. The molecule has 0 radical (unpaired) electrons. The number of hydrogen-bond acceptors (Lipinski definition) is 9. The van der Waals surface area contributed by atoms with Gasteiger partial charge in [0.05, 0.1) is 22.9 Å². The summed E-state index contributed by atoms with van der Waals surface area (Å²) < 4.78 is 16.1. The normalized spacial score (nSPS) is 15.9. The molecule has 8 nitrogen and oxygen atoms in total. The molecule has 0 bridgehead atoms. The van der Waals surface area contributed by atoms with Gasteiger partial charge in [-0.25, -0.2) is 4.98 Å². The molecule has 0 aliphatic heterocycles. The van der Waals surface area contributed by atoms with Crippen LogP contribution in [0.3, 0.4) is 0 Å². The number of rotatable bonds is 5. The maximum absolute atomic E-state index is 6.45. The first-order valence-electron chi connectivity index (χ1n) is 8.52. The van der Waals surface area contributed by atoms with E-state index in [4.69, 9.17) is 19.7 Å². The molecule has 0 aromatic carbocycles. The van der Waals surface area contributed by atoms with Gasteiger partial charge in [-0.1, -0.05) is 18.0 Å². The van der Waals surface area contributed by atoms with Gasteiger partial charge in [0.25, 0.3) is 5.89 Å². The average molecular weight is 412 g/mol. The van der Waals surface area contributed by atoms with Crippen molar-refractivity contribution in [2.24, 2.45) is 5.73 Å². The van der Waals surface area contributed by atoms with Crippen molar-refractivity contribution in [2.75, 3.05) is 14.2 Å². The molecular formula is C17H22ClN5O3S. The van der Waals surface area contributed by atoms with Gasteiger partial charge in [0.1, 0.15) is 11.4 Å². The molecule has 3 aromatic rings. The summed E-state index contributed by atoms with van der Waals surface area (Å²) in [6.07, 6.45) is 3.96. The third-order valence-electron chi connectivity index (χ3n) is 4.83. The Labute approximate surface area is 166 Å². The quantitative estimate of drug-likeness (QED) is 0.680. The Kier molecular flexibility index (Phi) is 5.66. The standard InChI is InChI=1S/C17H21N5O3S.ClH/c1-9-11-13(24-3)19-10(8-23-2)20-15(11)26-12(9)14-21-16(22-25-14)17(18)6-4-5-7-17;/h4-8,18H2,1-3H3;1H. The average Bonchev–Trinajstić information content (AvgIpc) is 3.34. The fourth-order valence-corrected chi connectivity index (χ4v) is 4.55. The van der Waals surface area contributed by atoms with Gasteiger partial charge in [-0.2, -0.15) is 9.97 Å². The number of methoxy groups -OCH3 is 2. The summed E-state index contributed by atoms with van der Waals surface area (Å²) in [5.41, 5.74) is 6.93. The highest BCUT2D eigenvalue weighted by Gasteiger charge is 2.36. The van der Waals surface area contributed by atoms with E-state index in [0.29, 0.717) is 30.0 Å². The largest absolute Gasteiger partial charge is 0.480 e. The summed E-state index contributed by atoms with van der Waals surface area (Å²) in [4.78, 5) is 15.3. The highest BCUT2D eigenvalue weighted by atomic mass is 35.5. The van der Waals surface area contributed by atoms with Crippen LogP contribution in [0.15, 0.2) is 4.52 Å². The van der Waals surface area contributed by atoms with Crippen LogP contribution in [-0.2, 0) is 16.9 Å². The number of thiophene rings is 1. The molecule has 3 aromatic heterocycles. The predicted molar refractivity (Wildman–Crippen MR) is 104 cm³/mol. The van der Waals surface area contributed by atoms with E-state index in [1.165, 1.54) is 11.3 Å². The lowest BCUT2D eigenvalue weighted by molar-refractivity contribution is 0.177. The summed E-state index contributed by atoms with van der Waals surface area (Å²) in [6.45, 7) is 2.30. The lowest BCUT2D eigenvalue weighted by Gasteiger charge is -2.17. The lowest BCUT2D eigenvalue weighted by Crippen LogP contribution is -2.34. The molecule has 1 fully saturated rings. The molecule has 1 aliphatic carbocycles. The van der Waals surface area contributed by atoms with Gasteiger partial charge in [0, 0.05) is 7.11 Å². The number of halogens is 1. The van der Waals surface area contributed by atoms with Crippen LogP contribution in [0.1, 0.15) is 42.9 Å². The molecule has 0 unspecified atom stereocenters. The Morgan fingerprint density at radius 2 is 1.93 bits per heavy atom. The number of nitrogens with zero attached hydrogens (tertiary/aromatic N) is 4. The fourth-order valence-electron chi connectivity index (χ4n) is 3.44. The van der Waals surface area contributed by atoms with Crippen molar-refractivity contribution < 1.29 is 14.0 Å². The molecule has 4 rings (SSSR count). The van der Waals surface area contributed by atoms with Crippen LogP contribution >= 0.6 is 23.7 Å². The third kappa shape index (κ3) is 3.40. The van der Waals surface area contributed by atoms with Crippen LogP contribution in [0.4, 0.5) is 0 Å². The zero-order valence-electron chi connectivity index (χ0n) is 15.4. The van der Waals surface area contributed by atoms with Gasteiger partial charge in [-0.05, 0) is 25.3 Å². The molecule has 27 heavy (non-hydrogen) atoms. The van der Waals surface area contributed by atoms with Crippen molar-refractivity contribution >= 4 is 34.0 Å². The first-order chi connectivity index (χ1) is 12.6.